The van der Waals surface area contributed by atoms with Gasteiger partial charge >= 0.3 is 0 Å². The summed E-state index contributed by atoms with van der Waals surface area (Å²) in [6.07, 6.45) is 1.58. The predicted molar refractivity (Wildman–Crippen MR) is 165 cm³/mol. The Morgan fingerprint density at radius 1 is 0.860 bits per heavy atom. The van der Waals surface area contributed by atoms with Gasteiger partial charge in [0.25, 0.3) is 11.8 Å². The first-order valence-electron chi connectivity index (χ1n) is 13.2. The van der Waals surface area contributed by atoms with E-state index >= 15 is 0 Å². The lowest BCUT2D eigenvalue weighted by Crippen LogP contribution is -2.30. The number of carbonyl (C=O) groups excluding carboxylic acids is 2. The first-order valence-corrected chi connectivity index (χ1v) is 14.2. The maximum absolute atomic E-state index is 13.5. The van der Waals surface area contributed by atoms with E-state index in [1.54, 1.807) is 66.4 Å². The minimum absolute atomic E-state index is 0.0566. The fourth-order valence-corrected chi connectivity index (χ4v) is 4.99. The Bertz CT molecular complexity index is 1740. The number of anilines is 1. The van der Waals surface area contributed by atoms with Crippen LogP contribution in [-0.4, -0.2) is 46.2 Å². The van der Waals surface area contributed by atoms with Gasteiger partial charge in [0.2, 0.25) is 0 Å². The summed E-state index contributed by atoms with van der Waals surface area (Å²) >= 11 is 1.53. The van der Waals surface area contributed by atoms with E-state index in [-0.39, 0.29) is 5.70 Å². The molecule has 0 saturated heterocycles. The Labute approximate surface area is 252 Å². The van der Waals surface area contributed by atoms with Crippen molar-refractivity contribution in [1.82, 2.24) is 25.5 Å². The van der Waals surface area contributed by atoms with Crippen LogP contribution in [0, 0.1) is 0 Å². The van der Waals surface area contributed by atoms with E-state index in [1.807, 2.05) is 54.6 Å². The highest BCUT2D eigenvalue weighted by molar-refractivity contribution is 7.98. The molecule has 10 nitrogen and oxygen atoms in total. The van der Waals surface area contributed by atoms with Crippen LogP contribution in [0.2, 0.25) is 0 Å². The van der Waals surface area contributed by atoms with Crippen LogP contribution in [-0.2, 0) is 10.5 Å². The zero-order valence-electron chi connectivity index (χ0n) is 23.4. The number of para-hydroxylation sites is 1. The summed E-state index contributed by atoms with van der Waals surface area (Å²) in [6, 6.07) is 31.0. The van der Waals surface area contributed by atoms with Crippen LogP contribution in [0.1, 0.15) is 21.7 Å². The number of thioether (sulfide) groups is 1. The summed E-state index contributed by atoms with van der Waals surface area (Å²) in [5.74, 6) is 1.34. The molecule has 11 heteroatoms. The molecule has 1 aromatic heterocycles. The molecule has 43 heavy (non-hydrogen) atoms. The number of hydrogen-bond donors (Lipinski definition) is 2. The van der Waals surface area contributed by atoms with Gasteiger partial charge in [-0.05, 0) is 76.7 Å². The SMILES string of the molecule is COc1ccc(/C=C(/NC(=O)c2ccccc2)C(=O)Nc2cccc(SCc3nnnn3-c3ccccc3)c2)cc1OC. The second-order valence-electron chi connectivity index (χ2n) is 9.11. The van der Waals surface area contributed by atoms with Gasteiger partial charge in [-0.15, -0.1) is 16.9 Å². The number of methoxy groups -OCH3 is 2. The third kappa shape index (κ3) is 7.46. The van der Waals surface area contributed by atoms with Crippen molar-refractivity contribution in [1.29, 1.82) is 0 Å². The maximum Gasteiger partial charge on any atom is 0.272 e. The molecule has 216 valence electrons. The topological polar surface area (TPSA) is 120 Å². The van der Waals surface area contributed by atoms with Gasteiger partial charge in [-0.2, -0.15) is 4.68 Å². The summed E-state index contributed by atoms with van der Waals surface area (Å²) in [7, 11) is 3.08. The Kier molecular flexibility index (Phi) is 9.45. The van der Waals surface area contributed by atoms with Crippen molar-refractivity contribution >= 4 is 35.3 Å². The molecular formula is C32H28N6O4S. The van der Waals surface area contributed by atoms with E-state index in [0.29, 0.717) is 39.9 Å². The smallest absolute Gasteiger partial charge is 0.272 e. The van der Waals surface area contributed by atoms with Gasteiger partial charge in [0.05, 0.1) is 25.7 Å². The quantitative estimate of drug-likeness (QED) is 0.155. The highest BCUT2D eigenvalue weighted by Gasteiger charge is 2.16. The van der Waals surface area contributed by atoms with E-state index in [4.69, 9.17) is 9.47 Å². The van der Waals surface area contributed by atoms with Crippen LogP contribution < -0.4 is 20.1 Å². The average molecular weight is 593 g/mol. The van der Waals surface area contributed by atoms with Gasteiger partial charge in [0.1, 0.15) is 5.70 Å². The number of ether oxygens (including phenoxy) is 2. The largest absolute Gasteiger partial charge is 0.493 e. The zero-order valence-corrected chi connectivity index (χ0v) is 24.2. The second-order valence-corrected chi connectivity index (χ2v) is 10.2. The number of nitrogens with one attached hydrogen (secondary N) is 2. The molecule has 0 bridgehead atoms. The van der Waals surface area contributed by atoms with Gasteiger partial charge in [-0.3, -0.25) is 9.59 Å². The van der Waals surface area contributed by atoms with Crippen LogP contribution >= 0.6 is 11.8 Å². The highest BCUT2D eigenvalue weighted by atomic mass is 32.2. The van der Waals surface area contributed by atoms with E-state index in [0.717, 1.165) is 10.6 Å². The van der Waals surface area contributed by atoms with Gasteiger partial charge in [0, 0.05) is 16.1 Å². The lowest BCUT2D eigenvalue weighted by atomic mass is 10.1. The molecule has 0 saturated carbocycles. The normalized spacial score (nSPS) is 11.1. The highest BCUT2D eigenvalue weighted by Crippen LogP contribution is 2.29. The molecule has 5 rings (SSSR count). The first-order chi connectivity index (χ1) is 21.0. The number of carbonyl (C=O) groups is 2. The predicted octanol–water partition coefficient (Wildman–Crippen LogP) is 5.38. The monoisotopic (exact) mass is 592 g/mol. The van der Waals surface area contributed by atoms with Crippen LogP contribution in [0.3, 0.4) is 0 Å². The molecule has 0 radical (unpaired) electrons. The summed E-state index contributed by atoms with van der Waals surface area (Å²) in [5.41, 5.74) is 2.54. The van der Waals surface area contributed by atoms with Crippen molar-refractivity contribution in [2.75, 3.05) is 19.5 Å². The minimum atomic E-state index is -0.491. The molecular weight excluding hydrogens is 564 g/mol. The van der Waals surface area contributed by atoms with Crippen LogP contribution in [0.5, 0.6) is 11.5 Å². The second kappa shape index (κ2) is 14.0. The third-order valence-electron chi connectivity index (χ3n) is 6.24. The van der Waals surface area contributed by atoms with Crippen molar-refractivity contribution in [2.45, 2.75) is 10.6 Å². The van der Waals surface area contributed by atoms with Gasteiger partial charge < -0.3 is 20.1 Å². The number of benzene rings is 4. The lowest BCUT2D eigenvalue weighted by Gasteiger charge is -2.13. The zero-order chi connectivity index (χ0) is 30.0. The number of rotatable bonds is 11. The van der Waals surface area contributed by atoms with Crippen LogP contribution in [0.15, 0.2) is 114 Å². The maximum atomic E-state index is 13.5. The summed E-state index contributed by atoms with van der Waals surface area (Å²) in [5, 5.41) is 17.8. The van der Waals surface area contributed by atoms with Crippen molar-refractivity contribution in [2.24, 2.45) is 0 Å². The molecule has 2 N–H and O–H groups in total. The Morgan fingerprint density at radius 3 is 2.35 bits per heavy atom. The van der Waals surface area contributed by atoms with Gasteiger partial charge in [-0.25, -0.2) is 0 Å². The molecule has 0 atom stereocenters. The molecule has 0 fully saturated rings. The lowest BCUT2D eigenvalue weighted by molar-refractivity contribution is -0.113. The van der Waals surface area contributed by atoms with Crippen molar-refractivity contribution in [3.8, 4) is 17.2 Å². The molecule has 0 unspecified atom stereocenters. The Balaban J connectivity index is 1.34. The van der Waals surface area contributed by atoms with E-state index < -0.39 is 11.8 Å². The molecule has 1 heterocycles. The molecule has 5 aromatic rings. The summed E-state index contributed by atoms with van der Waals surface area (Å²) < 4.78 is 12.4. The molecule has 4 aromatic carbocycles. The van der Waals surface area contributed by atoms with E-state index in [1.165, 1.54) is 18.9 Å². The number of nitrogens with zero attached hydrogens (tertiary/aromatic N) is 4. The standard InChI is InChI=1S/C32H28N6O4S/c1-41-28-17-16-22(19-29(28)42-2)18-27(34-31(39)23-10-5-3-6-11-23)32(40)33-24-12-9-15-26(20-24)43-21-30-35-36-37-38(30)25-13-7-4-8-14-25/h3-20H,21H2,1-2H3,(H,33,40)(H,34,39)/b27-18+. The van der Waals surface area contributed by atoms with Crippen molar-refractivity contribution < 1.29 is 19.1 Å². The minimum Gasteiger partial charge on any atom is -0.493 e. The summed E-state index contributed by atoms with van der Waals surface area (Å²) in [4.78, 5) is 27.4. The number of tetrazole rings is 1. The van der Waals surface area contributed by atoms with Crippen LogP contribution in [0.25, 0.3) is 11.8 Å². The Hall–Kier alpha value is -5.42. The fraction of sp³-hybridized carbons (Fsp3) is 0.0938. The van der Waals surface area contributed by atoms with E-state index in [2.05, 4.69) is 26.2 Å². The summed E-state index contributed by atoms with van der Waals surface area (Å²) in [6.45, 7) is 0. The molecule has 0 aliphatic rings. The molecule has 0 spiro atoms. The first kappa shape index (κ1) is 29.1. The van der Waals surface area contributed by atoms with Gasteiger partial charge in [0.15, 0.2) is 17.3 Å². The fourth-order valence-electron chi connectivity index (χ4n) is 4.13. The molecule has 0 aliphatic carbocycles. The Morgan fingerprint density at radius 2 is 1.60 bits per heavy atom. The average Bonchev–Trinajstić information content (AvgIpc) is 3.53. The number of aromatic nitrogens is 4. The van der Waals surface area contributed by atoms with Crippen molar-refractivity contribution in [3.05, 3.63) is 126 Å². The van der Waals surface area contributed by atoms with Crippen LogP contribution in [0.4, 0.5) is 5.69 Å². The number of amides is 2. The van der Waals surface area contributed by atoms with Crippen molar-refractivity contribution in [3.63, 3.8) is 0 Å². The van der Waals surface area contributed by atoms with E-state index in [9.17, 15) is 9.59 Å². The number of hydrogen-bond acceptors (Lipinski definition) is 8. The van der Waals surface area contributed by atoms with Gasteiger partial charge in [-0.1, -0.05) is 48.5 Å². The molecule has 0 aliphatic heterocycles. The molecule has 2 amide bonds. The third-order valence-corrected chi connectivity index (χ3v) is 7.23.